The number of carbonyl (C=O) groups is 1. The van der Waals surface area contributed by atoms with Crippen LogP contribution >= 0.6 is 11.6 Å². The molecule has 21 heavy (non-hydrogen) atoms. The molecule has 6 nitrogen and oxygen atoms in total. The molecule has 0 aliphatic heterocycles. The zero-order chi connectivity index (χ0) is 14.8. The summed E-state index contributed by atoms with van der Waals surface area (Å²) in [6.07, 6.45) is 3.09. The van der Waals surface area contributed by atoms with E-state index in [0.29, 0.717) is 17.3 Å². The Morgan fingerprint density at radius 3 is 3.00 bits per heavy atom. The Kier molecular flexibility index (Phi) is 3.45. The van der Waals surface area contributed by atoms with Crippen LogP contribution in [0.3, 0.4) is 0 Å². The Bertz CT molecular complexity index is 844. The quantitative estimate of drug-likeness (QED) is 0.692. The van der Waals surface area contributed by atoms with Crippen molar-refractivity contribution in [1.82, 2.24) is 9.97 Å². The third-order valence-electron chi connectivity index (χ3n) is 2.92. The van der Waals surface area contributed by atoms with Gasteiger partial charge in [0.2, 0.25) is 0 Å². The number of hydrogen-bond donors (Lipinski definition) is 0. The minimum Gasteiger partial charge on any atom is -0.448 e. The number of hydrogen-bond acceptors (Lipinski definition) is 5. The van der Waals surface area contributed by atoms with Crippen molar-refractivity contribution in [3.8, 4) is 0 Å². The second-order valence-corrected chi connectivity index (χ2v) is 4.82. The highest BCUT2D eigenvalue weighted by molar-refractivity contribution is 6.31. The molecule has 0 spiro atoms. The van der Waals surface area contributed by atoms with Crippen LogP contribution in [0, 0.1) is 4.91 Å². The lowest BCUT2D eigenvalue weighted by Crippen LogP contribution is -1.95. The van der Waals surface area contributed by atoms with Crippen LogP contribution in [-0.2, 0) is 6.42 Å². The Hall–Kier alpha value is -2.60. The third kappa shape index (κ3) is 2.80. The van der Waals surface area contributed by atoms with E-state index in [1.807, 2.05) is 24.3 Å². The lowest BCUT2D eigenvalue weighted by atomic mass is 10.1. The molecule has 0 aliphatic rings. The molecule has 1 aromatic carbocycles. The van der Waals surface area contributed by atoms with Gasteiger partial charge in [0.05, 0.1) is 10.5 Å². The summed E-state index contributed by atoms with van der Waals surface area (Å²) in [6, 6.07) is 7.47. The number of oxazole rings is 1. The molecule has 7 heteroatoms. The van der Waals surface area contributed by atoms with E-state index in [0.717, 1.165) is 22.7 Å². The molecular weight excluding hydrogens is 294 g/mol. The molecule has 0 fully saturated rings. The van der Waals surface area contributed by atoms with E-state index < -0.39 is 5.91 Å². The van der Waals surface area contributed by atoms with Gasteiger partial charge >= 0.3 is 5.91 Å². The minimum atomic E-state index is -0.945. The number of pyridine rings is 1. The number of aromatic nitrogens is 2. The fourth-order valence-corrected chi connectivity index (χ4v) is 2.14. The van der Waals surface area contributed by atoms with Gasteiger partial charge in [0.1, 0.15) is 6.26 Å². The van der Waals surface area contributed by atoms with Gasteiger partial charge < -0.3 is 4.42 Å². The van der Waals surface area contributed by atoms with Crippen LogP contribution in [0.2, 0.25) is 5.02 Å². The summed E-state index contributed by atoms with van der Waals surface area (Å²) in [6.45, 7) is 0. The van der Waals surface area contributed by atoms with E-state index in [-0.39, 0.29) is 5.69 Å². The lowest BCUT2D eigenvalue weighted by Gasteiger charge is -2.01. The van der Waals surface area contributed by atoms with Crippen molar-refractivity contribution in [2.75, 3.05) is 0 Å². The average molecular weight is 302 g/mol. The van der Waals surface area contributed by atoms with Crippen LogP contribution in [0.5, 0.6) is 0 Å². The Balaban J connectivity index is 1.89. The number of nitroso groups, excluding NO2 is 1. The Labute approximate surface area is 123 Å². The van der Waals surface area contributed by atoms with Gasteiger partial charge in [-0.25, -0.2) is 4.98 Å². The number of benzene rings is 1. The molecule has 0 N–H and O–H groups in total. The first-order valence-electron chi connectivity index (χ1n) is 6.02. The monoisotopic (exact) mass is 301 g/mol. The van der Waals surface area contributed by atoms with E-state index in [9.17, 15) is 9.70 Å². The number of amides is 1. The normalized spacial score (nSPS) is 10.7. The molecule has 0 saturated heterocycles. The molecule has 1 amide bonds. The second kappa shape index (κ2) is 5.41. The van der Waals surface area contributed by atoms with Crippen LogP contribution in [0.4, 0.5) is 0 Å². The second-order valence-electron chi connectivity index (χ2n) is 4.38. The molecular formula is C14H8ClN3O3. The minimum absolute atomic E-state index is 0.0921. The first-order valence-corrected chi connectivity index (χ1v) is 6.40. The van der Waals surface area contributed by atoms with Crippen molar-refractivity contribution < 1.29 is 9.21 Å². The fourth-order valence-electron chi connectivity index (χ4n) is 1.98. The average Bonchev–Trinajstić information content (AvgIpc) is 2.94. The lowest BCUT2D eigenvalue weighted by molar-refractivity contribution is 0.0996. The molecule has 2 heterocycles. The smallest absolute Gasteiger partial charge is 0.338 e. The van der Waals surface area contributed by atoms with Gasteiger partial charge in [-0.15, -0.1) is 4.91 Å². The zero-order valence-electron chi connectivity index (χ0n) is 10.6. The Morgan fingerprint density at radius 1 is 1.33 bits per heavy atom. The third-order valence-corrected chi connectivity index (χ3v) is 3.13. The van der Waals surface area contributed by atoms with E-state index in [4.69, 9.17) is 16.0 Å². The van der Waals surface area contributed by atoms with E-state index >= 15 is 0 Å². The first-order chi connectivity index (χ1) is 10.2. The van der Waals surface area contributed by atoms with Crippen LogP contribution in [0.1, 0.15) is 21.9 Å². The summed E-state index contributed by atoms with van der Waals surface area (Å²) in [5.74, 6) is -0.615. The van der Waals surface area contributed by atoms with Crippen molar-refractivity contribution in [2.45, 2.75) is 6.42 Å². The largest absolute Gasteiger partial charge is 0.448 e. The molecule has 0 saturated carbocycles. The van der Waals surface area contributed by atoms with Gasteiger partial charge in [-0.1, -0.05) is 17.7 Å². The van der Waals surface area contributed by atoms with Gasteiger partial charge in [0.25, 0.3) is 0 Å². The van der Waals surface area contributed by atoms with Crippen LogP contribution < -0.4 is 0 Å². The van der Waals surface area contributed by atoms with Crippen molar-refractivity contribution in [3.63, 3.8) is 0 Å². The van der Waals surface area contributed by atoms with Crippen molar-refractivity contribution in [2.24, 2.45) is 5.18 Å². The standard InChI is InChI=1S/C14H8ClN3O3/c15-10-5-9-3-8(1-2-11(9)16-6-10)4-13-17-12(7-21-13)14(19)18-20/h1-3,5-7H,4H2. The van der Waals surface area contributed by atoms with E-state index in [2.05, 4.69) is 15.1 Å². The summed E-state index contributed by atoms with van der Waals surface area (Å²) in [7, 11) is 0. The molecule has 0 atom stereocenters. The summed E-state index contributed by atoms with van der Waals surface area (Å²) >= 11 is 5.91. The van der Waals surface area contributed by atoms with Gasteiger partial charge in [-0.3, -0.25) is 9.78 Å². The maximum atomic E-state index is 11.1. The predicted octanol–water partition coefficient (Wildman–Crippen LogP) is 3.37. The van der Waals surface area contributed by atoms with Gasteiger partial charge in [-0.05, 0) is 23.8 Å². The molecule has 0 unspecified atom stereocenters. The van der Waals surface area contributed by atoms with Gasteiger partial charge in [0.15, 0.2) is 11.6 Å². The van der Waals surface area contributed by atoms with E-state index in [1.165, 1.54) is 0 Å². The highest BCUT2D eigenvalue weighted by Gasteiger charge is 2.13. The molecule has 0 radical (unpaired) electrons. The number of carbonyl (C=O) groups excluding carboxylic acids is 1. The van der Waals surface area contributed by atoms with Crippen molar-refractivity contribution in [3.05, 3.63) is 63.8 Å². The zero-order valence-corrected chi connectivity index (χ0v) is 11.4. The van der Waals surface area contributed by atoms with Crippen LogP contribution in [0.25, 0.3) is 10.9 Å². The Morgan fingerprint density at radius 2 is 2.19 bits per heavy atom. The number of fused-ring (bicyclic) bond motifs is 1. The highest BCUT2D eigenvalue weighted by Crippen LogP contribution is 2.20. The summed E-state index contributed by atoms with van der Waals surface area (Å²) in [4.78, 5) is 29.3. The van der Waals surface area contributed by atoms with Crippen molar-refractivity contribution in [1.29, 1.82) is 0 Å². The van der Waals surface area contributed by atoms with Gasteiger partial charge in [0, 0.05) is 23.2 Å². The van der Waals surface area contributed by atoms with Gasteiger partial charge in [-0.2, -0.15) is 0 Å². The molecule has 3 aromatic rings. The maximum Gasteiger partial charge on any atom is 0.338 e. The SMILES string of the molecule is O=NC(=O)c1coc(Cc2ccc3ncc(Cl)cc3c2)n1. The first kappa shape index (κ1) is 13.4. The fraction of sp³-hybridized carbons (Fsp3) is 0.0714. The van der Waals surface area contributed by atoms with Crippen LogP contribution in [0.15, 0.2) is 46.3 Å². The summed E-state index contributed by atoms with van der Waals surface area (Å²) in [5, 5.41) is 3.75. The van der Waals surface area contributed by atoms with Crippen LogP contribution in [-0.4, -0.2) is 15.9 Å². The summed E-state index contributed by atoms with van der Waals surface area (Å²) < 4.78 is 5.15. The highest BCUT2D eigenvalue weighted by atomic mass is 35.5. The predicted molar refractivity (Wildman–Crippen MR) is 76.2 cm³/mol. The molecule has 104 valence electrons. The summed E-state index contributed by atoms with van der Waals surface area (Å²) in [5.41, 5.74) is 1.66. The number of halogens is 1. The molecule has 0 bridgehead atoms. The number of nitrogens with zero attached hydrogens (tertiary/aromatic N) is 3. The number of rotatable bonds is 3. The van der Waals surface area contributed by atoms with Crippen molar-refractivity contribution >= 4 is 28.4 Å². The van der Waals surface area contributed by atoms with E-state index in [1.54, 1.807) is 6.20 Å². The molecule has 3 rings (SSSR count). The molecule has 0 aliphatic carbocycles. The molecule has 2 aromatic heterocycles. The maximum absolute atomic E-state index is 11.1. The topological polar surface area (TPSA) is 85.4 Å².